The summed E-state index contributed by atoms with van der Waals surface area (Å²) in [6, 6.07) is 0. The molecule has 0 aromatic rings. The van der Waals surface area contributed by atoms with Gasteiger partial charge in [0.2, 0.25) is 0 Å². The van der Waals surface area contributed by atoms with Crippen LogP contribution in [-0.2, 0) is 14.3 Å². The third-order valence-electron chi connectivity index (χ3n) is 4.20. The van der Waals surface area contributed by atoms with Gasteiger partial charge in [0.15, 0.2) is 5.60 Å². The number of carbonyl (C=O) groups is 1. The van der Waals surface area contributed by atoms with Crippen LogP contribution in [0.3, 0.4) is 0 Å². The molecule has 1 fully saturated rings. The largest absolute Gasteiger partial charge is 0.452 e. The fourth-order valence-corrected chi connectivity index (χ4v) is 2.98. The van der Waals surface area contributed by atoms with Gasteiger partial charge in [-0.15, -0.1) is 0 Å². The van der Waals surface area contributed by atoms with E-state index in [1.165, 1.54) is 19.3 Å². The van der Waals surface area contributed by atoms with Crippen LogP contribution in [0.15, 0.2) is 12.2 Å². The van der Waals surface area contributed by atoms with Crippen LogP contribution in [0.25, 0.3) is 0 Å². The Labute approximate surface area is 121 Å². The van der Waals surface area contributed by atoms with Gasteiger partial charge in [-0.1, -0.05) is 38.7 Å². The Balaban J connectivity index is 1.79. The molecule has 4 nitrogen and oxygen atoms in total. The number of ether oxygens (including phenoxy) is 2. The van der Waals surface area contributed by atoms with Gasteiger partial charge in [0.25, 0.3) is 0 Å². The maximum atomic E-state index is 12.0. The van der Waals surface area contributed by atoms with Crippen LogP contribution in [0.4, 0.5) is 0 Å². The summed E-state index contributed by atoms with van der Waals surface area (Å²) in [7, 11) is 0. The van der Waals surface area contributed by atoms with Crippen molar-refractivity contribution < 1.29 is 19.4 Å². The number of esters is 1. The zero-order valence-electron chi connectivity index (χ0n) is 12.3. The van der Waals surface area contributed by atoms with E-state index >= 15 is 0 Å². The van der Waals surface area contributed by atoms with E-state index in [0.29, 0.717) is 25.9 Å². The van der Waals surface area contributed by atoms with Crippen LogP contribution in [0.1, 0.15) is 58.3 Å². The van der Waals surface area contributed by atoms with Gasteiger partial charge in [0.05, 0.1) is 12.7 Å². The summed E-state index contributed by atoms with van der Waals surface area (Å²) in [5, 5.41) is 9.62. The van der Waals surface area contributed by atoms with Crippen molar-refractivity contribution in [3.8, 4) is 0 Å². The summed E-state index contributed by atoms with van der Waals surface area (Å²) < 4.78 is 11.3. The minimum absolute atomic E-state index is 0.141. The van der Waals surface area contributed by atoms with E-state index in [1.807, 2.05) is 6.08 Å². The first-order valence-corrected chi connectivity index (χ1v) is 7.87. The molecule has 0 amide bonds. The van der Waals surface area contributed by atoms with Crippen molar-refractivity contribution in [2.24, 2.45) is 0 Å². The van der Waals surface area contributed by atoms with Crippen molar-refractivity contribution in [2.45, 2.75) is 76.1 Å². The van der Waals surface area contributed by atoms with E-state index in [0.717, 1.165) is 12.8 Å². The molecule has 0 bridgehead atoms. The second-order valence-electron chi connectivity index (χ2n) is 5.86. The van der Waals surface area contributed by atoms with Gasteiger partial charge in [0, 0.05) is 19.3 Å². The molecule has 3 atom stereocenters. The van der Waals surface area contributed by atoms with Gasteiger partial charge in [-0.3, -0.25) is 4.79 Å². The van der Waals surface area contributed by atoms with Gasteiger partial charge in [-0.05, 0) is 12.5 Å². The average molecular weight is 282 g/mol. The fourth-order valence-electron chi connectivity index (χ4n) is 2.98. The summed E-state index contributed by atoms with van der Waals surface area (Å²) in [4.78, 5) is 12.0. The zero-order valence-corrected chi connectivity index (χ0v) is 12.3. The molecule has 1 aliphatic carbocycles. The Bertz CT molecular complexity index is 352. The van der Waals surface area contributed by atoms with Crippen molar-refractivity contribution in [1.82, 2.24) is 0 Å². The lowest BCUT2D eigenvalue weighted by atomic mass is 9.86. The lowest BCUT2D eigenvalue weighted by Crippen LogP contribution is -2.45. The minimum Gasteiger partial charge on any atom is -0.452 e. The molecule has 0 saturated carbocycles. The summed E-state index contributed by atoms with van der Waals surface area (Å²) in [5.41, 5.74) is -0.625. The predicted octanol–water partition coefficient (Wildman–Crippen LogP) is 2.74. The standard InChI is InChI=1S/C16H26O4/c1-2-3-4-5-6-7-15(18)20-16-9-8-13(17)12-14(16)19-11-10-16/h8-9,13-14,17H,2-7,10-12H2,1H3/t13?,14-,16+/m1/s1. The lowest BCUT2D eigenvalue weighted by molar-refractivity contribution is -0.162. The van der Waals surface area contributed by atoms with Gasteiger partial charge in [0.1, 0.15) is 6.10 Å². The fraction of sp³-hybridized carbons (Fsp3) is 0.812. The number of hydrogen-bond donors (Lipinski definition) is 1. The van der Waals surface area contributed by atoms with Crippen LogP contribution in [0, 0.1) is 0 Å². The molecule has 1 saturated heterocycles. The Morgan fingerprint density at radius 2 is 2.20 bits per heavy atom. The highest BCUT2D eigenvalue weighted by Gasteiger charge is 2.48. The number of hydrogen-bond acceptors (Lipinski definition) is 4. The number of aliphatic hydroxyl groups excluding tert-OH is 1. The van der Waals surface area contributed by atoms with Crippen molar-refractivity contribution >= 4 is 5.97 Å². The van der Waals surface area contributed by atoms with Crippen LogP contribution in [0.5, 0.6) is 0 Å². The van der Waals surface area contributed by atoms with E-state index in [4.69, 9.17) is 9.47 Å². The molecule has 0 aromatic heterocycles. The molecule has 2 rings (SSSR count). The Morgan fingerprint density at radius 3 is 3.00 bits per heavy atom. The highest BCUT2D eigenvalue weighted by Crippen LogP contribution is 2.37. The maximum absolute atomic E-state index is 12.0. The zero-order chi connectivity index (χ0) is 14.4. The topological polar surface area (TPSA) is 55.8 Å². The molecule has 4 heteroatoms. The molecule has 0 spiro atoms. The van der Waals surface area contributed by atoms with Crippen molar-refractivity contribution in [2.75, 3.05) is 6.61 Å². The first-order valence-electron chi connectivity index (χ1n) is 7.87. The molecule has 1 aliphatic heterocycles. The van der Waals surface area contributed by atoms with Crippen LogP contribution in [-0.4, -0.2) is 35.5 Å². The maximum Gasteiger partial charge on any atom is 0.306 e. The van der Waals surface area contributed by atoms with E-state index in [9.17, 15) is 9.90 Å². The van der Waals surface area contributed by atoms with E-state index in [1.54, 1.807) is 6.08 Å². The number of unbranched alkanes of at least 4 members (excludes halogenated alkanes) is 4. The second-order valence-corrected chi connectivity index (χ2v) is 5.86. The van der Waals surface area contributed by atoms with Crippen LogP contribution >= 0.6 is 0 Å². The summed E-state index contributed by atoms with van der Waals surface area (Å²) in [6.45, 7) is 2.77. The Morgan fingerprint density at radius 1 is 1.40 bits per heavy atom. The van der Waals surface area contributed by atoms with Gasteiger partial charge in [-0.25, -0.2) is 0 Å². The van der Waals surface area contributed by atoms with Gasteiger partial charge in [-0.2, -0.15) is 0 Å². The highest BCUT2D eigenvalue weighted by molar-refractivity contribution is 5.70. The predicted molar refractivity (Wildman–Crippen MR) is 76.3 cm³/mol. The molecule has 114 valence electrons. The van der Waals surface area contributed by atoms with Crippen LogP contribution < -0.4 is 0 Å². The molecular weight excluding hydrogens is 256 g/mol. The molecule has 0 radical (unpaired) electrons. The third-order valence-corrected chi connectivity index (χ3v) is 4.20. The number of aliphatic hydroxyl groups is 1. The van der Waals surface area contributed by atoms with Crippen molar-refractivity contribution in [3.05, 3.63) is 12.2 Å². The van der Waals surface area contributed by atoms with Gasteiger partial charge < -0.3 is 14.6 Å². The Kier molecular flexibility index (Phi) is 5.61. The molecule has 20 heavy (non-hydrogen) atoms. The summed E-state index contributed by atoms with van der Waals surface area (Å²) in [5.74, 6) is -0.141. The first-order chi connectivity index (χ1) is 9.66. The molecule has 0 aromatic carbocycles. The SMILES string of the molecule is CCCCCCCC(=O)O[C@]12C=CC(O)C[C@H]1OCC2. The molecule has 1 heterocycles. The summed E-state index contributed by atoms with van der Waals surface area (Å²) in [6.07, 6.45) is 10.2. The van der Waals surface area contributed by atoms with Gasteiger partial charge >= 0.3 is 5.97 Å². The quantitative estimate of drug-likeness (QED) is 0.443. The Hall–Kier alpha value is -0.870. The molecule has 1 N–H and O–H groups in total. The summed E-state index contributed by atoms with van der Waals surface area (Å²) >= 11 is 0. The second kappa shape index (κ2) is 7.23. The first kappa shape index (κ1) is 15.5. The van der Waals surface area contributed by atoms with Crippen molar-refractivity contribution in [1.29, 1.82) is 0 Å². The molecule has 2 aliphatic rings. The van der Waals surface area contributed by atoms with Crippen LogP contribution in [0.2, 0.25) is 0 Å². The van der Waals surface area contributed by atoms with E-state index in [2.05, 4.69) is 6.92 Å². The number of carbonyl (C=O) groups excluding carboxylic acids is 1. The van der Waals surface area contributed by atoms with E-state index in [-0.39, 0.29) is 12.1 Å². The minimum atomic E-state index is -0.625. The smallest absolute Gasteiger partial charge is 0.306 e. The monoisotopic (exact) mass is 282 g/mol. The molecule has 1 unspecified atom stereocenters. The average Bonchev–Trinajstić information content (AvgIpc) is 2.81. The molecular formula is C16H26O4. The van der Waals surface area contributed by atoms with Crippen molar-refractivity contribution in [3.63, 3.8) is 0 Å². The lowest BCUT2D eigenvalue weighted by Gasteiger charge is -2.34. The highest BCUT2D eigenvalue weighted by atomic mass is 16.6. The van der Waals surface area contributed by atoms with E-state index < -0.39 is 11.7 Å². The third kappa shape index (κ3) is 3.83. The number of fused-ring (bicyclic) bond motifs is 1. The normalized spacial score (nSPS) is 32.1. The number of rotatable bonds is 7.